The SMILES string of the molecule is CC(C)(C)OC(=O)N1CCN(C(=O)Nc2ccc(C#N)cc2)CC1. The number of nitrogens with one attached hydrogen (secondary N) is 1. The van der Waals surface area contributed by atoms with Gasteiger partial charge in [-0.2, -0.15) is 5.26 Å². The number of hydrogen-bond acceptors (Lipinski definition) is 4. The summed E-state index contributed by atoms with van der Waals surface area (Å²) in [4.78, 5) is 27.5. The number of benzene rings is 1. The van der Waals surface area contributed by atoms with Crippen molar-refractivity contribution in [2.24, 2.45) is 0 Å². The van der Waals surface area contributed by atoms with Gasteiger partial charge >= 0.3 is 12.1 Å². The summed E-state index contributed by atoms with van der Waals surface area (Å²) in [6.45, 7) is 7.25. The third-order valence-corrected chi connectivity index (χ3v) is 3.48. The second-order valence-corrected chi connectivity index (χ2v) is 6.57. The summed E-state index contributed by atoms with van der Waals surface area (Å²) in [6.07, 6.45) is -0.352. The summed E-state index contributed by atoms with van der Waals surface area (Å²) in [7, 11) is 0. The molecule has 7 nitrogen and oxygen atoms in total. The number of hydrogen-bond donors (Lipinski definition) is 1. The molecular weight excluding hydrogens is 308 g/mol. The number of rotatable bonds is 1. The minimum atomic E-state index is -0.527. The largest absolute Gasteiger partial charge is 0.444 e. The molecule has 0 radical (unpaired) electrons. The highest BCUT2D eigenvalue weighted by molar-refractivity contribution is 5.89. The Morgan fingerprint density at radius 3 is 2.12 bits per heavy atom. The van der Waals surface area contributed by atoms with Gasteiger partial charge < -0.3 is 19.9 Å². The maximum Gasteiger partial charge on any atom is 0.410 e. The third kappa shape index (κ3) is 4.88. The summed E-state index contributed by atoms with van der Waals surface area (Å²) in [5.41, 5.74) is 0.647. The highest BCUT2D eigenvalue weighted by Gasteiger charge is 2.27. The summed E-state index contributed by atoms with van der Waals surface area (Å²) >= 11 is 0. The first-order valence-electron chi connectivity index (χ1n) is 7.82. The second kappa shape index (κ2) is 7.21. The van der Waals surface area contributed by atoms with Crippen molar-refractivity contribution in [3.05, 3.63) is 29.8 Å². The van der Waals surface area contributed by atoms with Crippen molar-refractivity contribution < 1.29 is 14.3 Å². The standard InChI is InChI=1S/C17H22N4O3/c1-17(2,3)24-16(23)21-10-8-20(9-11-21)15(22)19-14-6-4-13(12-18)5-7-14/h4-7H,8-11H2,1-3H3,(H,19,22). The van der Waals surface area contributed by atoms with Gasteiger partial charge in [-0.3, -0.25) is 0 Å². The van der Waals surface area contributed by atoms with Crippen molar-refractivity contribution in [2.75, 3.05) is 31.5 Å². The molecule has 0 bridgehead atoms. The van der Waals surface area contributed by atoms with Crippen LogP contribution in [0.2, 0.25) is 0 Å². The number of nitrogens with zero attached hydrogens (tertiary/aromatic N) is 3. The first kappa shape index (κ1) is 17.6. The highest BCUT2D eigenvalue weighted by atomic mass is 16.6. The number of ether oxygens (including phenoxy) is 1. The molecule has 24 heavy (non-hydrogen) atoms. The fraction of sp³-hybridized carbons (Fsp3) is 0.471. The maximum atomic E-state index is 12.2. The Balaban J connectivity index is 1.84. The second-order valence-electron chi connectivity index (χ2n) is 6.57. The van der Waals surface area contributed by atoms with Crippen LogP contribution in [0.15, 0.2) is 24.3 Å². The van der Waals surface area contributed by atoms with Crippen molar-refractivity contribution >= 4 is 17.8 Å². The van der Waals surface area contributed by atoms with Crippen LogP contribution in [-0.4, -0.2) is 53.7 Å². The van der Waals surface area contributed by atoms with Gasteiger partial charge in [0.2, 0.25) is 0 Å². The highest BCUT2D eigenvalue weighted by Crippen LogP contribution is 2.13. The Kier molecular flexibility index (Phi) is 5.29. The Labute approximate surface area is 141 Å². The topological polar surface area (TPSA) is 85.7 Å². The molecule has 0 atom stereocenters. The normalized spacial score (nSPS) is 14.8. The summed E-state index contributed by atoms with van der Waals surface area (Å²) in [5, 5.41) is 11.6. The summed E-state index contributed by atoms with van der Waals surface area (Å²) in [5.74, 6) is 0. The molecule has 1 saturated heterocycles. The van der Waals surface area contributed by atoms with Crippen LogP contribution in [0.1, 0.15) is 26.3 Å². The molecule has 0 spiro atoms. The van der Waals surface area contributed by atoms with Gasteiger partial charge in [-0.05, 0) is 45.0 Å². The molecule has 2 rings (SSSR count). The molecule has 3 amide bonds. The molecule has 7 heteroatoms. The molecule has 1 N–H and O–H groups in total. The Bertz CT molecular complexity index is 635. The number of carbonyl (C=O) groups is 2. The lowest BCUT2D eigenvalue weighted by Crippen LogP contribution is -2.52. The van der Waals surface area contributed by atoms with Gasteiger partial charge in [-0.1, -0.05) is 0 Å². The molecule has 128 valence electrons. The molecular formula is C17H22N4O3. The molecule has 1 aromatic rings. The lowest BCUT2D eigenvalue weighted by Gasteiger charge is -2.35. The first-order chi connectivity index (χ1) is 11.3. The quantitative estimate of drug-likeness (QED) is 0.857. The van der Waals surface area contributed by atoms with Crippen LogP contribution in [0.4, 0.5) is 15.3 Å². The minimum absolute atomic E-state index is 0.219. The van der Waals surface area contributed by atoms with Gasteiger partial charge in [0.05, 0.1) is 11.6 Å². The van der Waals surface area contributed by atoms with Crippen molar-refractivity contribution in [1.82, 2.24) is 9.80 Å². The van der Waals surface area contributed by atoms with Gasteiger partial charge in [0.1, 0.15) is 5.60 Å². The number of nitriles is 1. The van der Waals surface area contributed by atoms with E-state index in [1.165, 1.54) is 0 Å². The molecule has 1 aromatic carbocycles. The van der Waals surface area contributed by atoms with E-state index in [4.69, 9.17) is 10.00 Å². The van der Waals surface area contributed by atoms with Gasteiger partial charge in [-0.25, -0.2) is 9.59 Å². The van der Waals surface area contributed by atoms with E-state index in [1.807, 2.05) is 26.8 Å². The number of urea groups is 1. The summed E-state index contributed by atoms with van der Waals surface area (Å²) in [6, 6.07) is 8.48. The lowest BCUT2D eigenvalue weighted by atomic mass is 10.2. The molecule has 0 aliphatic carbocycles. The van der Waals surface area contributed by atoms with Gasteiger partial charge in [0, 0.05) is 31.9 Å². The van der Waals surface area contributed by atoms with E-state index >= 15 is 0 Å². The van der Waals surface area contributed by atoms with Crippen LogP contribution < -0.4 is 5.32 Å². The molecule has 0 saturated carbocycles. The Hall–Kier alpha value is -2.75. The van der Waals surface area contributed by atoms with Crippen LogP contribution >= 0.6 is 0 Å². The number of anilines is 1. The van der Waals surface area contributed by atoms with Crippen molar-refractivity contribution in [3.8, 4) is 6.07 Å². The van der Waals surface area contributed by atoms with E-state index in [0.717, 1.165) is 0 Å². The van der Waals surface area contributed by atoms with Crippen LogP contribution in [0.3, 0.4) is 0 Å². The van der Waals surface area contributed by atoms with E-state index in [2.05, 4.69) is 5.32 Å². The average molecular weight is 330 g/mol. The van der Waals surface area contributed by atoms with Gasteiger partial charge in [-0.15, -0.1) is 0 Å². The van der Waals surface area contributed by atoms with Gasteiger partial charge in [0.15, 0.2) is 0 Å². The van der Waals surface area contributed by atoms with Crippen LogP contribution in [0.25, 0.3) is 0 Å². The zero-order chi connectivity index (χ0) is 17.7. The minimum Gasteiger partial charge on any atom is -0.444 e. The zero-order valence-corrected chi connectivity index (χ0v) is 14.2. The number of amides is 3. The lowest BCUT2D eigenvalue weighted by molar-refractivity contribution is 0.0174. The van der Waals surface area contributed by atoms with E-state index in [9.17, 15) is 9.59 Å². The smallest absolute Gasteiger partial charge is 0.410 e. The molecule has 0 aromatic heterocycles. The molecule has 0 unspecified atom stereocenters. The fourth-order valence-electron chi connectivity index (χ4n) is 2.25. The third-order valence-electron chi connectivity index (χ3n) is 3.48. The predicted octanol–water partition coefficient (Wildman–Crippen LogP) is 2.64. The number of carbonyl (C=O) groups excluding carboxylic acids is 2. The molecule has 1 fully saturated rings. The summed E-state index contributed by atoms with van der Waals surface area (Å²) < 4.78 is 5.33. The Morgan fingerprint density at radius 1 is 1.08 bits per heavy atom. The first-order valence-corrected chi connectivity index (χ1v) is 7.82. The maximum absolute atomic E-state index is 12.2. The Morgan fingerprint density at radius 2 is 1.62 bits per heavy atom. The van der Waals surface area contributed by atoms with E-state index in [0.29, 0.717) is 37.4 Å². The molecule has 1 aliphatic heterocycles. The van der Waals surface area contributed by atoms with Crippen molar-refractivity contribution in [2.45, 2.75) is 26.4 Å². The molecule has 1 heterocycles. The molecule has 1 aliphatic rings. The van der Waals surface area contributed by atoms with Crippen LogP contribution in [0.5, 0.6) is 0 Å². The van der Waals surface area contributed by atoms with Crippen LogP contribution in [-0.2, 0) is 4.74 Å². The zero-order valence-electron chi connectivity index (χ0n) is 14.2. The van der Waals surface area contributed by atoms with E-state index < -0.39 is 5.60 Å². The van der Waals surface area contributed by atoms with Gasteiger partial charge in [0.25, 0.3) is 0 Å². The van der Waals surface area contributed by atoms with E-state index in [-0.39, 0.29) is 12.1 Å². The monoisotopic (exact) mass is 330 g/mol. The fourth-order valence-corrected chi connectivity index (χ4v) is 2.25. The van der Waals surface area contributed by atoms with E-state index in [1.54, 1.807) is 34.1 Å². The number of piperazine rings is 1. The average Bonchev–Trinajstić information content (AvgIpc) is 2.54. The predicted molar refractivity (Wildman–Crippen MR) is 89.6 cm³/mol. The van der Waals surface area contributed by atoms with Crippen LogP contribution in [0, 0.1) is 11.3 Å². The van der Waals surface area contributed by atoms with Crippen molar-refractivity contribution in [3.63, 3.8) is 0 Å². The van der Waals surface area contributed by atoms with Crippen molar-refractivity contribution in [1.29, 1.82) is 5.26 Å².